The summed E-state index contributed by atoms with van der Waals surface area (Å²) in [4.78, 5) is 10.4. The van der Waals surface area contributed by atoms with Crippen LogP contribution in [0.2, 0.25) is 0 Å². The highest BCUT2D eigenvalue weighted by molar-refractivity contribution is 9.10. The zero-order valence-electron chi connectivity index (χ0n) is 8.45. The lowest BCUT2D eigenvalue weighted by Crippen LogP contribution is -1.91. The largest absolute Gasteiger partial charge is 0.496 e. The molecule has 0 aromatic heterocycles. The van der Waals surface area contributed by atoms with Gasteiger partial charge in [-0.3, -0.25) is 0 Å². The van der Waals surface area contributed by atoms with Gasteiger partial charge < -0.3 is 9.84 Å². The van der Waals surface area contributed by atoms with Crippen molar-refractivity contribution in [3.8, 4) is 5.75 Å². The SMILES string of the molecule is COc1cc(C)c(Br)cc1/C=C/C(=O)O. The molecule has 4 heteroatoms. The van der Waals surface area contributed by atoms with Crippen molar-refractivity contribution in [1.82, 2.24) is 0 Å². The van der Waals surface area contributed by atoms with E-state index >= 15 is 0 Å². The molecule has 0 heterocycles. The first-order chi connectivity index (χ1) is 7.04. The molecular formula is C11H11BrO3. The Morgan fingerprint density at radius 3 is 2.73 bits per heavy atom. The predicted octanol–water partition coefficient (Wildman–Crippen LogP) is 2.86. The molecule has 0 bridgehead atoms. The molecule has 0 fully saturated rings. The lowest BCUT2D eigenvalue weighted by Gasteiger charge is -2.07. The fourth-order valence-corrected chi connectivity index (χ4v) is 1.50. The van der Waals surface area contributed by atoms with Crippen molar-refractivity contribution >= 4 is 28.0 Å². The highest BCUT2D eigenvalue weighted by Gasteiger charge is 2.04. The Labute approximate surface area is 96.5 Å². The maximum absolute atomic E-state index is 10.4. The van der Waals surface area contributed by atoms with Crippen LogP contribution in [0.15, 0.2) is 22.7 Å². The van der Waals surface area contributed by atoms with Crippen LogP contribution in [-0.4, -0.2) is 18.2 Å². The Balaban J connectivity index is 3.16. The summed E-state index contributed by atoms with van der Waals surface area (Å²) in [6.07, 6.45) is 2.59. The molecule has 0 amide bonds. The van der Waals surface area contributed by atoms with E-state index in [1.54, 1.807) is 7.11 Å². The summed E-state index contributed by atoms with van der Waals surface area (Å²) in [5.41, 5.74) is 1.77. The van der Waals surface area contributed by atoms with Crippen LogP contribution in [0.25, 0.3) is 6.08 Å². The number of carboxylic acid groups (broad SMARTS) is 1. The van der Waals surface area contributed by atoms with Crippen molar-refractivity contribution in [2.45, 2.75) is 6.92 Å². The number of hydrogen-bond acceptors (Lipinski definition) is 2. The van der Waals surface area contributed by atoms with Gasteiger partial charge in [0.25, 0.3) is 0 Å². The minimum Gasteiger partial charge on any atom is -0.496 e. The van der Waals surface area contributed by atoms with Gasteiger partial charge in [-0.1, -0.05) is 15.9 Å². The Hall–Kier alpha value is -1.29. The summed E-state index contributed by atoms with van der Waals surface area (Å²) in [7, 11) is 1.56. The smallest absolute Gasteiger partial charge is 0.328 e. The number of methoxy groups -OCH3 is 1. The number of aryl methyl sites for hydroxylation is 1. The van der Waals surface area contributed by atoms with Gasteiger partial charge in [0, 0.05) is 16.1 Å². The number of carboxylic acids is 1. The average Bonchev–Trinajstić information content (AvgIpc) is 2.19. The summed E-state index contributed by atoms with van der Waals surface area (Å²) in [5.74, 6) is -0.318. The summed E-state index contributed by atoms with van der Waals surface area (Å²) >= 11 is 3.38. The number of benzene rings is 1. The lowest BCUT2D eigenvalue weighted by molar-refractivity contribution is -0.131. The fourth-order valence-electron chi connectivity index (χ4n) is 1.14. The summed E-state index contributed by atoms with van der Waals surface area (Å²) in [6, 6.07) is 3.68. The molecule has 0 spiro atoms. The molecule has 80 valence electrons. The van der Waals surface area contributed by atoms with Crippen LogP contribution in [0.5, 0.6) is 5.75 Å². The minimum absolute atomic E-state index is 0.660. The molecule has 0 unspecified atom stereocenters. The van der Waals surface area contributed by atoms with E-state index in [1.165, 1.54) is 6.08 Å². The second-order valence-corrected chi connectivity index (χ2v) is 3.87. The highest BCUT2D eigenvalue weighted by Crippen LogP contribution is 2.27. The topological polar surface area (TPSA) is 46.5 Å². The van der Waals surface area contributed by atoms with E-state index < -0.39 is 5.97 Å². The van der Waals surface area contributed by atoms with Crippen molar-refractivity contribution in [3.05, 3.63) is 33.8 Å². The molecule has 15 heavy (non-hydrogen) atoms. The van der Waals surface area contributed by atoms with Crippen LogP contribution in [0, 0.1) is 6.92 Å². The molecule has 0 atom stereocenters. The molecule has 0 radical (unpaired) electrons. The number of rotatable bonds is 3. The maximum Gasteiger partial charge on any atom is 0.328 e. The summed E-state index contributed by atoms with van der Waals surface area (Å²) in [5, 5.41) is 8.52. The molecule has 0 saturated carbocycles. The Morgan fingerprint density at radius 2 is 2.20 bits per heavy atom. The van der Waals surface area contributed by atoms with Crippen LogP contribution < -0.4 is 4.74 Å². The molecule has 0 saturated heterocycles. The molecule has 3 nitrogen and oxygen atoms in total. The molecule has 0 aliphatic rings. The van der Waals surface area contributed by atoms with Gasteiger partial charge >= 0.3 is 5.97 Å². The van der Waals surface area contributed by atoms with E-state index in [4.69, 9.17) is 9.84 Å². The molecule has 1 aromatic carbocycles. The van der Waals surface area contributed by atoms with E-state index in [1.807, 2.05) is 19.1 Å². The van der Waals surface area contributed by atoms with Gasteiger partial charge in [-0.05, 0) is 30.7 Å². The van der Waals surface area contributed by atoms with Crippen LogP contribution in [0.4, 0.5) is 0 Å². The first-order valence-corrected chi connectivity index (χ1v) is 5.09. The fraction of sp³-hybridized carbons (Fsp3) is 0.182. The molecule has 0 aliphatic carbocycles. The number of carbonyl (C=O) groups is 1. The standard InChI is InChI=1S/C11H11BrO3/c1-7-5-10(15-2)8(6-9(7)12)3-4-11(13)14/h3-6H,1-2H3,(H,13,14)/b4-3+. The van der Waals surface area contributed by atoms with Crippen molar-refractivity contribution in [2.75, 3.05) is 7.11 Å². The van der Waals surface area contributed by atoms with Gasteiger partial charge in [-0.15, -0.1) is 0 Å². The quantitative estimate of drug-likeness (QED) is 0.860. The Morgan fingerprint density at radius 1 is 1.53 bits per heavy atom. The van der Waals surface area contributed by atoms with Crippen molar-refractivity contribution in [3.63, 3.8) is 0 Å². The van der Waals surface area contributed by atoms with Gasteiger partial charge in [0.2, 0.25) is 0 Å². The third-order valence-electron chi connectivity index (χ3n) is 1.92. The predicted molar refractivity (Wildman–Crippen MR) is 62.1 cm³/mol. The van der Waals surface area contributed by atoms with Gasteiger partial charge in [0.1, 0.15) is 5.75 Å². The van der Waals surface area contributed by atoms with Crippen molar-refractivity contribution < 1.29 is 14.6 Å². The lowest BCUT2D eigenvalue weighted by atomic mass is 10.1. The highest BCUT2D eigenvalue weighted by atomic mass is 79.9. The van der Waals surface area contributed by atoms with Gasteiger partial charge in [0.05, 0.1) is 7.11 Å². The molecule has 1 rings (SSSR count). The number of aliphatic carboxylic acids is 1. The zero-order chi connectivity index (χ0) is 11.4. The average molecular weight is 271 g/mol. The van der Waals surface area contributed by atoms with E-state index in [0.717, 1.165) is 21.7 Å². The van der Waals surface area contributed by atoms with E-state index in [2.05, 4.69) is 15.9 Å². The van der Waals surface area contributed by atoms with E-state index in [9.17, 15) is 4.79 Å². The second-order valence-electron chi connectivity index (χ2n) is 3.01. The number of halogens is 1. The van der Waals surface area contributed by atoms with Crippen LogP contribution in [0.3, 0.4) is 0 Å². The summed E-state index contributed by atoms with van der Waals surface area (Å²) in [6.45, 7) is 1.94. The van der Waals surface area contributed by atoms with Crippen LogP contribution in [0.1, 0.15) is 11.1 Å². The molecule has 0 aliphatic heterocycles. The monoisotopic (exact) mass is 270 g/mol. The Bertz CT molecular complexity index is 411. The Kier molecular flexibility index (Phi) is 3.91. The van der Waals surface area contributed by atoms with Crippen molar-refractivity contribution in [1.29, 1.82) is 0 Å². The van der Waals surface area contributed by atoms with Crippen molar-refractivity contribution in [2.24, 2.45) is 0 Å². The summed E-state index contributed by atoms with van der Waals surface area (Å²) < 4.78 is 6.07. The molecule has 1 N–H and O–H groups in total. The normalized spacial score (nSPS) is 10.6. The first-order valence-electron chi connectivity index (χ1n) is 4.29. The van der Waals surface area contributed by atoms with E-state index in [-0.39, 0.29) is 0 Å². The van der Waals surface area contributed by atoms with Crippen LogP contribution in [-0.2, 0) is 4.79 Å². The first kappa shape index (κ1) is 11.8. The van der Waals surface area contributed by atoms with Gasteiger partial charge in [-0.25, -0.2) is 4.79 Å². The number of ether oxygens (including phenoxy) is 1. The second kappa shape index (κ2) is 4.98. The van der Waals surface area contributed by atoms with Gasteiger partial charge in [0.15, 0.2) is 0 Å². The minimum atomic E-state index is -0.978. The van der Waals surface area contributed by atoms with E-state index in [0.29, 0.717) is 5.75 Å². The molecule has 1 aromatic rings. The third kappa shape index (κ3) is 3.09. The third-order valence-corrected chi connectivity index (χ3v) is 2.77. The maximum atomic E-state index is 10.4. The number of hydrogen-bond donors (Lipinski definition) is 1. The molecular weight excluding hydrogens is 260 g/mol. The van der Waals surface area contributed by atoms with Crippen LogP contribution >= 0.6 is 15.9 Å². The zero-order valence-corrected chi connectivity index (χ0v) is 10.0. The van der Waals surface area contributed by atoms with Gasteiger partial charge in [-0.2, -0.15) is 0 Å².